The number of nitrogens with zero attached hydrogens (tertiary/aromatic N) is 2. The molecule has 0 radical (unpaired) electrons. The quantitative estimate of drug-likeness (QED) is 0.656. The highest BCUT2D eigenvalue weighted by molar-refractivity contribution is 6.68. The van der Waals surface area contributed by atoms with Crippen LogP contribution in [0.3, 0.4) is 0 Å². The van der Waals surface area contributed by atoms with E-state index in [0.29, 0.717) is 32.0 Å². The third-order valence-electron chi connectivity index (χ3n) is 4.41. The smallest absolute Gasteiger partial charge is 0.250 e. The van der Waals surface area contributed by atoms with Gasteiger partial charge in [0.2, 0.25) is 10.2 Å². The van der Waals surface area contributed by atoms with Crippen molar-refractivity contribution in [3.63, 3.8) is 0 Å². The van der Waals surface area contributed by atoms with Crippen molar-refractivity contribution in [1.29, 1.82) is 0 Å². The van der Waals surface area contributed by atoms with Gasteiger partial charge in [-0.1, -0.05) is 40.9 Å². The molecule has 0 aliphatic carbocycles. The molecule has 3 atom stereocenters. The van der Waals surface area contributed by atoms with E-state index in [1.807, 2.05) is 15.5 Å². The Morgan fingerprint density at radius 3 is 2.73 bits per heavy atom. The Morgan fingerprint density at radius 1 is 1.27 bits per heavy atom. The number of piperidine rings is 1. The number of carbonyl (C=O) groups excluding carboxylic acids is 1. The van der Waals surface area contributed by atoms with Crippen LogP contribution in [0.25, 0.3) is 0 Å². The summed E-state index contributed by atoms with van der Waals surface area (Å²) >= 11 is 18.0. The molecule has 0 aromatic carbocycles. The number of fused-ring (bicyclic) bond motifs is 4. The van der Waals surface area contributed by atoms with Gasteiger partial charge in [0.05, 0.1) is 0 Å². The van der Waals surface area contributed by atoms with Crippen molar-refractivity contribution in [2.45, 2.75) is 28.8 Å². The zero-order chi connectivity index (χ0) is 15.9. The highest BCUT2D eigenvalue weighted by atomic mass is 35.6. The van der Waals surface area contributed by atoms with Crippen LogP contribution in [-0.2, 0) is 11.3 Å². The van der Waals surface area contributed by atoms with E-state index in [-0.39, 0.29) is 11.5 Å². The Kier molecular flexibility index (Phi) is 4.42. The number of pyridine rings is 1. The zero-order valence-corrected chi connectivity index (χ0v) is 14.0. The largest absolute Gasteiger partial charge is 0.339 e. The van der Waals surface area contributed by atoms with Crippen molar-refractivity contribution in [1.82, 2.24) is 14.8 Å². The van der Waals surface area contributed by atoms with Gasteiger partial charge in [0, 0.05) is 37.3 Å². The maximum absolute atomic E-state index is 12.0. The second kappa shape index (κ2) is 6.04. The van der Waals surface area contributed by atoms with Crippen LogP contribution in [0.15, 0.2) is 23.0 Å². The van der Waals surface area contributed by atoms with Gasteiger partial charge < -0.3 is 9.88 Å². The van der Waals surface area contributed by atoms with Crippen molar-refractivity contribution in [3.8, 4) is 0 Å². The van der Waals surface area contributed by atoms with Gasteiger partial charge in [-0.3, -0.25) is 14.5 Å². The third kappa shape index (κ3) is 3.00. The molecule has 0 saturated carbocycles. The minimum atomic E-state index is -1.61. The van der Waals surface area contributed by atoms with Crippen molar-refractivity contribution in [3.05, 3.63) is 34.2 Å². The first-order valence-corrected chi connectivity index (χ1v) is 8.23. The van der Waals surface area contributed by atoms with Gasteiger partial charge in [-0.05, 0) is 18.4 Å². The summed E-state index contributed by atoms with van der Waals surface area (Å²) in [6.45, 7) is 1.98. The molecular formula is C14H16Cl3N3O2. The lowest BCUT2D eigenvalue weighted by Gasteiger charge is -2.46. The van der Waals surface area contributed by atoms with Gasteiger partial charge in [-0.25, -0.2) is 0 Å². The Bertz CT molecular complexity index is 628. The second-order valence-electron chi connectivity index (χ2n) is 5.88. The molecule has 22 heavy (non-hydrogen) atoms. The van der Waals surface area contributed by atoms with Gasteiger partial charge in [-0.2, -0.15) is 0 Å². The van der Waals surface area contributed by atoms with Crippen molar-refractivity contribution in [2.75, 3.05) is 13.1 Å². The molecular weight excluding hydrogens is 349 g/mol. The molecule has 3 rings (SSSR count). The molecule has 5 nitrogen and oxygen atoms in total. The first kappa shape index (κ1) is 16.1. The molecule has 2 aliphatic heterocycles. The van der Waals surface area contributed by atoms with Crippen molar-refractivity contribution in [2.24, 2.45) is 5.92 Å². The highest BCUT2D eigenvalue weighted by Gasteiger charge is 2.43. The standard InChI is InChI=1S/C14H16Cl3N3O2/c15-14(16,17)13(18-8-21)19-5-9-4-10(7-19)11-2-1-3-12(22)20(11)6-9/h1-3,8-10,13H,4-7H2,(H,18,21)/t9-,10+,13?/m1/s1. The molecule has 1 aromatic rings. The van der Waals surface area contributed by atoms with E-state index in [9.17, 15) is 9.59 Å². The fourth-order valence-corrected chi connectivity index (χ4v) is 4.22. The summed E-state index contributed by atoms with van der Waals surface area (Å²) in [5.74, 6) is 0.499. The molecule has 1 aromatic heterocycles. The molecule has 3 heterocycles. The number of rotatable bonds is 3. The van der Waals surface area contributed by atoms with Gasteiger partial charge in [0.15, 0.2) is 0 Å². The normalized spacial score (nSPS) is 26.1. The van der Waals surface area contributed by atoms with Gasteiger partial charge in [0.1, 0.15) is 6.17 Å². The van der Waals surface area contributed by atoms with Crippen LogP contribution in [0.1, 0.15) is 18.0 Å². The zero-order valence-electron chi connectivity index (χ0n) is 11.7. The summed E-state index contributed by atoms with van der Waals surface area (Å²) in [5.41, 5.74) is 1.05. The van der Waals surface area contributed by atoms with Gasteiger partial charge in [-0.15, -0.1) is 0 Å². The lowest BCUT2D eigenvalue weighted by atomic mass is 9.83. The summed E-state index contributed by atoms with van der Waals surface area (Å²) in [6.07, 6.45) is 0.880. The summed E-state index contributed by atoms with van der Waals surface area (Å²) < 4.78 is 0.233. The second-order valence-corrected chi connectivity index (χ2v) is 8.25. The number of carbonyl (C=O) groups is 1. The molecule has 8 heteroatoms. The Balaban J connectivity index is 1.89. The first-order valence-electron chi connectivity index (χ1n) is 7.10. The average molecular weight is 365 g/mol. The van der Waals surface area contributed by atoms with Crippen LogP contribution in [0.2, 0.25) is 0 Å². The van der Waals surface area contributed by atoms with Crippen LogP contribution in [0, 0.1) is 5.92 Å². The Hall–Kier alpha value is -0.750. The van der Waals surface area contributed by atoms with Gasteiger partial charge in [0.25, 0.3) is 5.56 Å². The number of amides is 1. The molecule has 1 unspecified atom stereocenters. The predicted molar refractivity (Wildman–Crippen MR) is 86.4 cm³/mol. The van der Waals surface area contributed by atoms with Crippen LogP contribution in [-0.4, -0.2) is 38.9 Å². The molecule has 1 saturated heterocycles. The van der Waals surface area contributed by atoms with Crippen LogP contribution in [0.4, 0.5) is 0 Å². The van der Waals surface area contributed by atoms with E-state index in [0.717, 1.165) is 12.1 Å². The predicted octanol–water partition coefficient (Wildman–Crippen LogP) is 1.71. The van der Waals surface area contributed by atoms with E-state index < -0.39 is 9.96 Å². The average Bonchev–Trinajstić information content (AvgIpc) is 2.44. The van der Waals surface area contributed by atoms with Gasteiger partial charge >= 0.3 is 0 Å². The summed E-state index contributed by atoms with van der Waals surface area (Å²) in [7, 11) is 0. The van der Waals surface area contributed by atoms with Crippen LogP contribution < -0.4 is 10.9 Å². The fourth-order valence-electron chi connectivity index (χ4n) is 3.62. The number of aromatic nitrogens is 1. The van der Waals surface area contributed by atoms with E-state index in [2.05, 4.69) is 5.32 Å². The maximum Gasteiger partial charge on any atom is 0.250 e. The molecule has 2 aliphatic rings. The maximum atomic E-state index is 12.0. The number of hydrogen-bond donors (Lipinski definition) is 1. The Morgan fingerprint density at radius 2 is 2.05 bits per heavy atom. The topological polar surface area (TPSA) is 54.3 Å². The first-order chi connectivity index (χ1) is 10.4. The summed E-state index contributed by atoms with van der Waals surface area (Å²) in [4.78, 5) is 24.8. The number of nitrogens with one attached hydrogen (secondary N) is 1. The van der Waals surface area contributed by atoms with E-state index in [4.69, 9.17) is 34.8 Å². The molecule has 120 valence electrons. The highest BCUT2D eigenvalue weighted by Crippen LogP contribution is 2.39. The molecule has 2 bridgehead atoms. The minimum Gasteiger partial charge on any atom is -0.339 e. The van der Waals surface area contributed by atoms with Crippen molar-refractivity contribution >= 4 is 41.2 Å². The Labute approximate surface area is 143 Å². The fraction of sp³-hybridized carbons (Fsp3) is 0.571. The number of likely N-dealkylation sites (tertiary alicyclic amines) is 1. The summed E-state index contributed by atoms with van der Waals surface area (Å²) in [6, 6.07) is 5.34. The SMILES string of the molecule is O=CNC(N1C[C@H]2C[C@@H](C1)c1cccc(=O)n1C2)C(Cl)(Cl)Cl. The molecule has 0 spiro atoms. The van der Waals surface area contributed by atoms with E-state index >= 15 is 0 Å². The van der Waals surface area contributed by atoms with Crippen LogP contribution in [0.5, 0.6) is 0 Å². The van der Waals surface area contributed by atoms with Crippen molar-refractivity contribution < 1.29 is 4.79 Å². The number of hydrogen-bond acceptors (Lipinski definition) is 3. The number of alkyl halides is 3. The lowest BCUT2D eigenvalue weighted by Crippen LogP contribution is -2.59. The number of halogens is 3. The third-order valence-corrected chi connectivity index (χ3v) is 5.03. The minimum absolute atomic E-state index is 0.0320. The monoisotopic (exact) mass is 363 g/mol. The lowest BCUT2D eigenvalue weighted by molar-refractivity contribution is -0.111. The van der Waals surface area contributed by atoms with Crippen LogP contribution >= 0.6 is 34.8 Å². The molecule has 1 amide bonds. The molecule has 1 N–H and O–H groups in total. The summed E-state index contributed by atoms with van der Waals surface area (Å²) in [5, 5.41) is 2.60. The molecule has 1 fully saturated rings. The van der Waals surface area contributed by atoms with E-state index in [1.54, 1.807) is 12.1 Å². The van der Waals surface area contributed by atoms with E-state index in [1.165, 1.54) is 0 Å².